The molecule has 2 nitrogen and oxygen atoms in total. The van der Waals surface area contributed by atoms with E-state index in [-0.39, 0.29) is 0 Å². The summed E-state index contributed by atoms with van der Waals surface area (Å²) in [5, 5.41) is 4.84. The van der Waals surface area contributed by atoms with Crippen LogP contribution in [0.4, 0.5) is 0 Å². The van der Waals surface area contributed by atoms with Gasteiger partial charge in [0.05, 0.1) is 0 Å². The van der Waals surface area contributed by atoms with Gasteiger partial charge in [-0.3, -0.25) is 0 Å². The third kappa shape index (κ3) is 2.30. The molecule has 0 spiro atoms. The third-order valence-corrected chi connectivity index (χ3v) is 4.58. The van der Waals surface area contributed by atoms with E-state index in [1.807, 2.05) is 0 Å². The van der Waals surface area contributed by atoms with Crippen LogP contribution in [0.2, 0.25) is 0 Å². The van der Waals surface area contributed by atoms with Crippen LogP contribution in [-0.2, 0) is 0 Å². The lowest BCUT2D eigenvalue weighted by Crippen LogP contribution is -2.31. The zero-order valence-corrected chi connectivity index (χ0v) is 12.1. The van der Waals surface area contributed by atoms with E-state index >= 15 is 0 Å². The summed E-state index contributed by atoms with van der Waals surface area (Å²) in [6.45, 7) is 7.72. The average molecular weight is 257 g/mol. The van der Waals surface area contributed by atoms with Crippen molar-refractivity contribution in [1.82, 2.24) is 5.32 Å². The van der Waals surface area contributed by atoms with Gasteiger partial charge in [-0.05, 0) is 50.4 Å². The van der Waals surface area contributed by atoms with E-state index in [1.165, 1.54) is 29.6 Å². The van der Waals surface area contributed by atoms with Crippen molar-refractivity contribution in [1.29, 1.82) is 0 Å². The summed E-state index contributed by atoms with van der Waals surface area (Å²) in [6.07, 6.45) is 2.49. The zero-order chi connectivity index (χ0) is 13.4. The molecule has 1 aromatic carbocycles. The van der Waals surface area contributed by atoms with E-state index in [1.54, 1.807) is 0 Å². The Bertz CT molecular complexity index is 572. The Kier molecular flexibility index (Phi) is 3.36. The highest BCUT2D eigenvalue weighted by Crippen LogP contribution is 2.41. The second-order valence-electron chi connectivity index (χ2n) is 5.90. The smallest absolute Gasteiger partial charge is 0.134 e. The molecule has 3 rings (SSSR count). The first-order valence-electron chi connectivity index (χ1n) is 7.42. The van der Waals surface area contributed by atoms with Gasteiger partial charge in [0.1, 0.15) is 11.3 Å². The third-order valence-electron chi connectivity index (χ3n) is 4.58. The van der Waals surface area contributed by atoms with Gasteiger partial charge in [-0.15, -0.1) is 0 Å². The van der Waals surface area contributed by atoms with Gasteiger partial charge < -0.3 is 9.73 Å². The topological polar surface area (TPSA) is 25.2 Å². The van der Waals surface area contributed by atoms with Gasteiger partial charge in [-0.2, -0.15) is 0 Å². The molecule has 1 saturated carbocycles. The lowest BCUT2D eigenvalue weighted by molar-refractivity contribution is 0.378. The fraction of sp³-hybridized carbons (Fsp3) is 0.529. The minimum Gasteiger partial charge on any atom is -0.461 e. The molecule has 102 valence electrons. The van der Waals surface area contributed by atoms with Crippen molar-refractivity contribution < 1.29 is 4.42 Å². The highest BCUT2D eigenvalue weighted by atomic mass is 16.3. The van der Waals surface area contributed by atoms with Crippen LogP contribution < -0.4 is 5.32 Å². The second kappa shape index (κ2) is 5.01. The van der Waals surface area contributed by atoms with Crippen molar-refractivity contribution in [2.45, 2.75) is 45.6 Å². The Hall–Kier alpha value is -1.28. The van der Waals surface area contributed by atoms with Gasteiger partial charge in [-0.25, -0.2) is 0 Å². The van der Waals surface area contributed by atoms with Crippen molar-refractivity contribution in [3.05, 3.63) is 35.6 Å². The molecule has 1 N–H and O–H groups in total. The van der Waals surface area contributed by atoms with Crippen molar-refractivity contribution in [2.24, 2.45) is 5.92 Å². The molecule has 2 aromatic rings. The van der Waals surface area contributed by atoms with Gasteiger partial charge in [0.2, 0.25) is 0 Å². The van der Waals surface area contributed by atoms with Crippen LogP contribution in [0.25, 0.3) is 11.0 Å². The molecule has 1 fully saturated rings. The maximum atomic E-state index is 6.08. The molecule has 1 aliphatic carbocycles. The van der Waals surface area contributed by atoms with Crippen LogP contribution in [-0.4, -0.2) is 12.6 Å². The van der Waals surface area contributed by atoms with E-state index in [4.69, 9.17) is 4.42 Å². The summed E-state index contributed by atoms with van der Waals surface area (Å²) in [7, 11) is 0. The Morgan fingerprint density at radius 2 is 2.11 bits per heavy atom. The molecule has 19 heavy (non-hydrogen) atoms. The van der Waals surface area contributed by atoms with Crippen molar-refractivity contribution >= 4 is 11.0 Å². The molecule has 1 aliphatic rings. The Morgan fingerprint density at radius 3 is 2.89 bits per heavy atom. The summed E-state index contributed by atoms with van der Waals surface area (Å²) in [5.41, 5.74) is 2.32. The highest BCUT2D eigenvalue weighted by Gasteiger charge is 2.35. The SMILES string of the molecule is CCNC1CCC(c2cc3cc(C)ccc3o2)C1C. The largest absolute Gasteiger partial charge is 0.461 e. The number of hydrogen-bond donors (Lipinski definition) is 1. The van der Waals surface area contributed by atoms with Crippen LogP contribution in [0.1, 0.15) is 43.9 Å². The van der Waals surface area contributed by atoms with Crippen molar-refractivity contribution in [3.8, 4) is 0 Å². The molecule has 0 aliphatic heterocycles. The maximum absolute atomic E-state index is 6.08. The first kappa shape index (κ1) is 12.7. The van der Waals surface area contributed by atoms with Crippen LogP contribution in [0.5, 0.6) is 0 Å². The molecule has 3 unspecified atom stereocenters. The number of benzene rings is 1. The Labute approximate surface area is 115 Å². The zero-order valence-electron chi connectivity index (χ0n) is 12.1. The van der Waals surface area contributed by atoms with Crippen LogP contribution >= 0.6 is 0 Å². The number of rotatable bonds is 3. The summed E-state index contributed by atoms with van der Waals surface area (Å²) >= 11 is 0. The number of furan rings is 1. The monoisotopic (exact) mass is 257 g/mol. The van der Waals surface area contributed by atoms with E-state index in [9.17, 15) is 0 Å². The molecule has 0 amide bonds. The molecule has 1 aromatic heterocycles. The molecule has 0 radical (unpaired) electrons. The number of hydrogen-bond acceptors (Lipinski definition) is 2. The van der Waals surface area contributed by atoms with E-state index in [0.717, 1.165) is 12.1 Å². The van der Waals surface area contributed by atoms with Gasteiger partial charge in [0, 0.05) is 17.3 Å². The van der Waals surface area contributed by atoms with Crippen LogP contribution in [0, 0.1) is 12.8 Å². The minimum absolute atomic E-state index is 0.566. The standard InChI is InChI=1S/C17H23NO/c1-4-18-15-7-6-14(12(15)3)17-10-13-9-11(2)5-8-16(13)19-17/h5,8-10,12,14-15,18H,4,6-7H2,1-3H3. The number of aryl methyl sites for hydroxylation is 1. The van der Waals surface area contributed by atoms with Gasteiger partial charge >= 0.3 is 0 Å². The first-order chi connectivity index (χ1) is 9.19. The number of nitrogens with one attached hydrogen (secondary N) is 1. The highest BCUT2D eigenvalue weighted by molar-refractivity contribution is 5.78. The molecule has 1 heterocycles. The molecule has 0 bridgehead atoms. The molecular formula is C17H23NO. The Balaban J connectivity index is 1.88. The van der Waals surface area contributed by atoms with Crippen molar-refractivity contribution in [2.75, 3.05) is 6.54 Å². The quantitative estimate of drug-likeness (QED) is 0.890. The normalized spacial score (nSPS) is 27.2. The van der Waals surface area contributed by atoms with Crippen molar-refractivity contribution in [3.63, 3.8) is 0 Å². The summed E-state index contributed by atoms with van der Waals surface area (Å²) in [6, 6.07) is 9.32. The lowest BCUT2D eigenvalue weighted by Gasteiger charge is -2.19. The van der Waals surface area contributed by atoms with Crippen LogP contribution in [0.3, 0.4) is 0 Å². The Morgan fingerprint density at radius 1 is 1.26 bits per heavy atom. The summed E-state index contributed by atoms with van der Waals surface area (Å²) in [5.74, 6) is 2.40. The fourth-order valence-corrected chi connectivity index (χ4v) is 3.48. The summed E-state index contributed by atoms with van der Waals surface area (Å²) in [4.78, 5) is 0. The maximum Gasteiger partial charge on any atom is 0.134 e. The lowest BCUT2D eigenvalue weighted by atomic mass is 9.93. The van der Waals surface area contributed by atoms with Gasteiger partial charge in [0.25, 0.3) is 0 Å². The molecule has 0 saturated heterocycles. The first-order valence-corrected chi connectivity index (χ1v) is 7.42. The molecule has 3 atom stereocenters. The van der Waals surface area contributed by atoms with E-state index in [0.29, 0.717) is 17.9 Å². The van der Waals surface area contributed by atoms with Gasteiger partial charge in [-0.1, -0.05) is 25.5 Å². The molecule has 2 heteroatoms. The van der Waals surface area contributed by atoms with Crippen LogP contribution in [0.15, 0.2) is 28.7 Å². The van der Waals surface area contributed by atoms with E-state index in [2.05, 4.69) is 50.4 Å². The van der Waals surface area contributed by atoms with Gasteiger partial charge in [0.15, 0.2) is 0 Å². The average Bonchev–Trinajstić information content (AvgIpc) is 2.94. The molecular weight excluding hydrogens is 234 g/mol. The second-order valence-corrected chi connectivity index (χ2v) is 5.90. The predicted molar refractivity (Wildman–Crippen MR) is 79.6 cm³/mol. The number of fused-ring (bicyclic) bond motifs is 1. The predicted octanol–water partition coefficient (Wildman–Crippen LogP) is 4.23. The fourth-order valence-electron chi connectivity index (χ4n) is 3.48. The summed E-state index contributed by atoms with van der Waals surface area (Å²) < 4.78 is 6.08. The minimum atomic E-state index is 0.566. The van der Waals surface area contributed by atoms with E-state index < -0.39 is 0 Å².